The Balaban J connectivity index is 1.45. The molecule has 6 nitrogen and oxygen atoms in total. The molecule has 0 aliphatic heterocycles. The Hall–Kier alpha value is -3.72. The fourth-order valence-corrected chi connectivity index (χ4v) is 7.55. The number of ether oxygens (including phenoxy) is 1. The number of pyridine rings is 1. The number of nitrogens with zero attached hydrogens (tertiary/aromatic N) is 1. The molecule has 6 rings (SSSR count). The van der Waals surface area contributed by atoms with Crippen molar-refractivity contribution < 1.29 is 14.3 Å². The average molecular weight is 588 g/mol. The number of hydrogen-bond acceptors (Lipinski definition) is 7. The number of nitrogens with two attached hydrogens (primary N) is 1. The predicted molar refractivity (Wildman–Crippen MR) is 165 cm³/mol. The fourth-order valence-electron chi connectivity index (χ4n) is 5.14. The highest BCUT2D eigenvalue weighted by molar-refractivity contribution is 7.21. The lowest BCUT2D eigenvalue weighted by Crippen LogP contribution is -2.15. The van der Waals surface area contributed by atoms with E-state index in [2.05, 4.69) is 5.32 Å². The molecule has 3 heterocycles. The molecule has 0 saturated heterocycles. The topological polar surface area (TPSA) is 94.3 Å². The molecular formula is C31H26ClN3O3S2. The number of carbonyl (C=O) groups is 2. The van der Waals surface area contributed by atoms with Crippen LogP contribution in [0.4, 0.5) is 10.7 Å². The van der Waals surface area contributed by atoms with Crippen molar-refractivity contribution in [3.05, 3.63) is 86.6 Å². The van der Waals surface area contributed by atoms with Gasteiger partial charge >= 0.3 is 5.97 Å². The maximum Gasteiger partial charge on any atom is 0.341 e. The molecule has 1 aliphatic rings. The average Bonchev–Trinajstić information content (AvgIpc) is 3.50. The van der Waals surface area contributed by atoms with E-state index < -0.39 is 5.97 Å². The molecule has 9 heteroatoms. The molecule has 0 bridgehead atoms. The number of hydrogen-bond donors (Lipinski definition) is 2. The molecule has 1 aliphatic carbocycles. The first kappa shape index (κ1) is 26.5. The van der Waals surface area contributed by atoms with Gasteiger partial charge in [0.2, 0.25) is 0 Å². The lowest BCUT2D eigenvalue weighted by molar-refractivity contribution is 0.0526. The van der Waals surface area contributed by atoms with Crippen molar-refractivity contribution in [3.8, 4) is 22.4 Å². The van der Waals surface area contributed by atoms with E-state index in [1.807, 2.05) is 60.7 Å². The highest BCUT2D eigenvalue weighted by Crippen LogP contribution is 2.43. The highest BCUT2D eigenvalue weighted by atomic mass is 35.5. The number of rotatable bonds is 6. The third kappa shape index (κ3) is 4.87. The number of aryl methyl sites for hydroxylation is 1. The van der Waals surface area contributed by atoms with Crippen LogP contribution in [0.1, 0.15) is 50.2 Å². The summed E-state index contributed by atoms with van der Waals surface area (Å²) in [5.74, 6) is -0.765. The standard InChI is InChI=1S/C31H26ClN3O3S2/c1-2-38-31(37)25-20-10-6-7-11-23(20)39-30(25)35-28(36)27-26(33)24-21(17-8-4-3-5-9-17)16-22(34-29(24)40-27)18-12-14-19(32)15-13-18/h3-5,8-9,12-16H,2,6-7,10-11,33H2,1H3,(H,35,36). The minimum absolute atomic E-state index is 0.268. The number of nitrogen functional groups attached to an aromatic ring is 1. The van der Waals surface area contributed by atoms with Gasteiger partial charge in [0.1, 0.15) is 14.7 Å². The molecule has 5 aromatic rings. The summed E-state index contributed by atoms with van der Waals surface area (Å²) >= 11 is 8.82. The Morgan fingerprint density at radius 2 is 1.77 bits per heavy atom. The van der Waals surface area contributed by atoms with Crippen molar-refractivity contribution in [2.45, 2.75) is 32.6 Å². The Bertz CT molecular complexity index is 1740. The van der Waals surface area contributed by atoms with E-state index in [0.717, 1.165) is 63.9 Å². The van der Waals surface area contributed by atoms with Crippen LogP contribution in [0.5, 0.6) is 0 Å². The Labute approximate surface area is 244 Å². The van der Waals surface area contributed by atoms with Gasteiger partial charge < -0.3 is 15.8 Å². The molecule has 1 amide bonds. The number of aromatic nitrogens is 1. The zero-order chi connectivity index (χ0) is 27.8. The van der Waals surface area contributed by atoms with E-state index in [-0.39, 0.29) is 12.5 Å². The zero-order valence-electron chi connectivity index (χ0n) is 21.8. The van der Waals surface area contributed by atoms with Gasteiger partial charge in [0.05, 0.1) is 23.6 Å². The SMILES string of the molecule is CCOC(=O)c1c(NC(=O)c2sc3nc(-c4ccc(Cl)cc4)cc(-c4ccccc4)c3c2N)sc2c1CCCC2. The monoisotopic (exact) mass is 587 g/mol. The van der Waals surface area contributed by atoms with Gasteiger partial charge in [0.25, 0.3) is 5.91 Å². The second-order valence-corrected chi connectivity index (χ2v) is 12.1. The van der Waals surface area contributed by atoms with Crippen LogP contribution in [0.25, 0.3) is 32.6 Å². The van der Waals surface area contributed by atoms with Crippen LogP contribution in [0, 0.1) is 0 Å². The van der Waals surface area contributed by atoms with Gasteiger partial charge in [0.15, 0.2) is 0 Å². The van der Waals surface area contributed by atoms with E-state index in [4.69, 9.17) is 27.1 Å². The molecule has 40 heavy (non-hydrogen) atoms. The molecule has 3 N–H and O–H groups in total. The molecule has 0 fully saturated rings. The molecule has 0 saturated carbocycles. The predicted octanol–water partition coefficient (Wildman–Crippen LogP) is 8.24. The number of anilines is 2. The van der Waals surface area contributed by atoms with E-state index in [1.165, 1.54) is 22.7 Å². The molecule has 0 unspecified atom stereocenters. The molecule has 0 radical (unpaired) electrons. The van der Waals surface area contributed by atoms with Crippen molar-refractivity contribution in [2.24, 2.45) is 0 Å². The summed E-state index contributed by atoms with van der Waals surface area (Å²) in [4.78, 5) is 33.7. The van der Waals surface area contributed by atoms with Crippen molar-refractivity contribution in [2.75, 3.05) is 17.7 Å². The van der Waals surface area contributed by atoms with E-state index in [1.54, 1.807) is 6.92 Å². The summed E-state index contributed by atoms with van der Waals surface area (Å²) in [5.41, 5.74) is 12.0. The summed E-state index contributed by atoms with van der Waals surface area (Å²) in [6.45, 7) is 2.05. The van der Waals surface area contributed by atoms with Gasteiger partial charge in [-0.25, -0.2) is 9.78 Å². The van der Waals surface area contributed by atoms with Crippen LogP contribution >= 0.6 is 34.3 Å². The molecule has 2 aromatic carbocycles. The van der Waals surface area contributed by atoms with Crippen LogP contribution in [0.15, 0.2) is 60.7 Å². The number of benzene rings is 2. The van der Waals surface area contributed by atoms with Crippen molar-refractivity contribution in [1.29, 1.82) is 0 Å². The van der Waals surface area contributed by atoms with Crippen molar-refractivity contribution in [1.82, 2.24) is 4.98 Å². The first-order valence-electron chi connectivity index (χ1n) is 13.1. The first-order valence-corrected chi connectivity index (χ1v) is 15.1. The third-order valence-corrected chi connectivity index (χ3v) is 9.57. The van der Waals surface area contributed by atoms with Crippen LogP contribution in [-0.4, -0.2) is 23.5 Å². The van der Waals surface area contributed by atoms with Gasteiger partial charge in [-0.05, 0) is 67.5 Å². The number of fused-ring (bicyclic) bond motifs is 2. The van der Waals surface area contributed by atoms with Gasteiger partial charge in [-0.3, -0.25) is 4.79 Å². The van der Waals surface area contributed by atoms with Gasteiger partial charge in [-0.15, -0.1) is 22.7 Å². The number of amides is 1. The van der Waals surface area contributed by atoms with Gasteiger partial charge in [-0.2, -0.15) is 0 Å². The van der Waals surface area contributed by atoms with Crippen LogP contribution in [-0.2, 0) is 17.6 Å². The maximum absolute atomic E-state index is 13.7. The fraction of sp³-hybridized carbons (Fsp3) is 0.194. The second-order valence-electron chi connectivity index (χ2n) is 9.54. The first-order chi connectivity index (χ1) is 19.4. The summed E-state index contributed by atoms with van der Waals surface area (Å²) < 4.78 is 5.36. The van der Waals surface area contributed by atoms with Crippen LogP contribution in [0.2, 0.25) is 5.02 Å². The number of esters is 1. The summed E-state index contributed by atoms with van der Waals surface area (Å²) in [6, 6.07) is 19.4. The van der Waals surface area contributed by atoms with Gasteiger partial charge in [0, 0.05) is 20.8 Å². The molecular weight excluding hydrogens is 562 g/mol. The minimum atomic E-state index is -0.401. The maximum atomic E-state index is 13.7. The largest absolute Gasteiger partial charge is 0.462 e. The molecule has 3 aromatic heterocycles. The van der Waals surface area contributed by atoms with E-state index in [9.17, 15) is 9.59 Å². The van der Waals surface area contributed by atoms with Crippen molar-refractivity contribution >= 4 is 67.1 Å². The normalized spacial score (nSPS) is 12.8. The minimum Gasteiger partial charge on any atom is -0.462 e. The third-order valence-electron chi connectivity index (χ3n) is 7.01. The molecule has 0 spiro atoms. The number of nitrogens with one attached hydrogen (secondary N) is 1. The lowest BCUT2D eigenvalue weighted by atomic mass is 9.95. The van der Waals surface area contributed by atoms with Crippen LogP contribution < -0.4 is 11.1 Å². The summed E-state index contributed by atoms with van der Waals surface area (Å²) in [6.07, 6.45) is 3.77. The Morgan fingerprint density at radius 1 is 1.02 bits per heavy atom. The number of carbonyl (C=O) groups excluding carboxylic acids is 2. The van der Waals surface area contributed by atoms with Gasteiger partial charge in [-0.1, -0.05) is 54.1 Å². The molecule has 0 atom stereocenters. The second kappa shape index (κ2) is 11.0. The Kier molecular flexibility index (Phi) is 7.31. The summed E-state index contributed by atoms with van der Waals surface area (Å²) in [5, 5.41) is 4.90. The zero-order valence-corrected chi connectivity index (χ0v) is 24.1. The quantitative estimate of drug-likeness (QED) is 0.195. The molecule has 202 valence electrons. The van der Waals surface area contributed by atoms with E-state index >= 15 is 0 Å². The summed E-state index contributed by atoms with van der Waals surface area (Å²) in [7, 11) is 0. The highest BCUT2D eigenvalue weighted by Gasteiger charge is 2.29. The lowest BCUT2D eigenvalue weighted by Gasteiger charge is -2.12. The Morgan fingerprint density at radius 3 is 2.52 bits per heavy atom. The van der Waals surface area contributed by atoms with Crippen molar-refractivity contribution in [3.63, 3.8) is 0 Å². The van der Waals surface area contributed by atoms with E-state index in [0.29, 0.717) is 31.0 Å². The number of thiophene rings is 2. The number of halogens is 1. The smallest absolute Gasteiger partial charge is 0.341 e. The van der Waals surface area contributed by atoms with Crippen LogP contribution in [0.3, 0.4) is 0 Å².